The highest BCUT2D eigenvalue weighted by molar-refractivity contribution is 6.33. The zero-order valence-corrected chi connectivity index (χ0v) is 21.1. The summed E-state index contributed by atoms with van der Waals surface area (Å²) in [6, 6.07) is 30.7. The molecule has 0 atom stereocenters. The van der Waals surface area contributed by atoms with Gasteiger partial charge in [0, 0.05) is 38.7 Å². The first-order valence-corrected chi connectivity index (χ1v) is 13.8. The minimum atomic E-state index is 0.785. The van der Waals surface area contributed by atoms with Crippen LogP contribution in [0.3, 0.4) is 0 Å². The number of para-hydroxylation sites is 1. The number of benzene rings is 4. The van der Waals surface area contributed by atoms with Gasteiger partial charge in [-0.1, -0.05) is 68.1 Å². The summed E-state index contributed by atoms with van der Waals surface area (Å²) in [5.74, 6) is 0.785. The lowest BCUT2D eigenvalue weighted by Gasteiger charge is -2.10. The standard InChI is InChI=1S/C35H26N2O/c1-2-9-21(8-1)18-23-10-7-14-31-32(23)27-20-26-25-19-22(28-12-5-6-17-36-28)15-16-30(25)37-29-13-4-3-11-24(29)33(34(26)37)35(27)38-31/h3-7,10-17,19-21H,1-2,8-9,18H2. The molecule has 0 saturated heterocycles. The Morgan fingerprint density at radius 2 is 1.61 bits per heavy atom. The first kappa shape index (κ1) is 20.7. The summed E-state index contributed by atoms with van der Waals surface area (Å²) in [5, 5.41) is 7.59. The summed E-state index contributed by atoms with van der Waals surface area (Å²) >= 11 is 0. The highest BCUT2D eigenvalue weighted by Crippen LogP contribution is 2.47. The molecule has 1 fully saturated rings. The van der Waals surface area contributed by atoms with E-state index in [0.717, 1.165) is 34.8 Å². The zero-order valence-electron chi connectivity index (χ0n) is 21.1. The molecule has 3 nitrogen and oxygen atoms in total. The summed E-state index contributed by atoms with van der Waals surface area (Å²) in [6.45, 7) is 0. The second-order valence-electron chi connectivity index (χ2n) is 11.1. The fourth-order valence-electron chi connectivity index (χ4n) is 7.30. The summed E-state index contributed by atoms with van der Waals surface area (Å²) in [5.41, 5.74) is 9.32. The molecule has 3 heteroatoms. The summed E-state index contributed by atoms with van der Waals surface area (Å²) in [7, 11) is 0. The van der Waals surface area contributed by atoms with Crippen LogP contribution in [-0.2, 0) is 6.42 Å². The smallest absolute Gasteiger partial charge is 0.145 e. The van der Waals surface area contributed by atoms with Gasteiger partial charge in [-0.2, -0.15) is 0 Å². The average molecular weight is 491 g/mol. The summed E-state index contributed by atoms with van der Waals surface area (Å²) in [6.07, 6.45) is 8.44. The Labute approximate surface area is 219 Å². The topological polar surface area (TPSA) is 30.4 Å². The van der Waals surface area contributed by atoms with Crippen LogP contribution in [-0.4, -0.2) is 9.38 Å². The average Bonchev–Trinajstić information content (AvgIpc) is 3.74. The van der Waals surface area contributed by atoms with E-state index in [1.807, 2.05) is 12.3 Å². The highest BCUT2D eigenvalue weighted by Gasteiger charge is 2.25. The van der Waals surface area contributed by atoms with E-state index in [1.165, 1.54) is 80.1 Å². The van der Waals surface area contributed by atoms with Crippen LogP contribution in [0.25, 0.3) is 71.3 Å². The maximum absolute atomic E-state index is 6.74. The lowest BCUT2D eigenvalue weighted by atomic mass is 9.94. The van der Waals surface area contributed by atoms with Crippen LogP contribution in [0.5, 0.6) is 0 Å². The Balaban J connectivity index is 1.44. The number of pyridine rings is 1. The van der Waals surface area contributed by atoms with Crippen LogP contribution < -0.4 is 0 Å². The fraction of sp³-hybridized carbons (Fsp3) is 0.171. The second-order valence-corrected chi connectivity index (χ2v) is 11.1. The molecule has 0 aliphatic heterocycles. The van der Waals surface area contributed by atoms with E-state index in [0.29, 0.717) is 0 Å². The van der Waals surface area contributed by atoms with Gasteiger partial charge in [0.25, 0.3) is 0 Å². The minimum absolute atomic E-state index is 0.785. The van der Waals surface area contributed by atoms with E-state index in [2.05, 4.69) is 88.2 Å². The second kappa shape index (κ2) is 7.58. The SMILES string of the molecule is c1ccc(-c2ccc3c(c2)c2cc4c(oc5cccc(CC6CCCC6)c54)c4c5ccccc5n3c24)nc1. The molecule has 38 heavy (non-hydrogen) atoms. The molecule has 182 valence electrons. The van der Waals surface area contributed by atoms with Gasteiger partial charge >= 0.3 is 0 Å². The van der Waals surface area contributed by atoms with Crippen LogP contribution in [0, 0.1) is 5.92 Å². The normalized spacial score (nSPS) is 14.9. The fourth-order valence-corrected chi connectivity index (χ4v) is 7.30. The third-order valence-corrected chi connectivity index (χ3v) is 8.96. The number of rotatable bonds is 3. The monoisotopic (exact) mass is 490 g/mol. The molecular formula is C35H26N2O. The van der Waals surface area contributed by atoms with Gasteiger partial charge < -0.3 is 8.82 Å². The number of furan rings is 1. The maximum Gasteiger partial charge on any atom is 0.145 e. The highest BCUT2D eigenvalue weighted by atomic mass is 16.3. The number of aromatic nitrogens is 2. The van der Waals surface area contributed by atoms with Gasteiger partial charge in [-0.15, -0.1) is 0 Å². The molecule has 8 aromatic rings. The number of hydrogen-bond acceptors (Lipinski definition) is 2. The van der Waals surface area contributed by atoms with Gasteiger partial charge in [0.1, 0.15) is 11.2 Å². The van der Waals surface area contributed by atoms with Crippen molar-refractivity contribution in [1.29, 1.82) is 0 Å². The van der Waals surface area contributed by atoms with Crippen LogP contribution in [0.2, 0.25) is 0 Å². The summed E-state index contributed by atoms with van der Waals surface area (Å²) < 4.78 is 9.18. The van der Waals surface area contributed by atoms with Crippen molar-refractivity contribution in [3.63, 3.8) is 0 Å². The molecule has 9 rings (SSSR count). The third-order valence-electron chi connectivity index (χ3n) is 8.96. The minimum Gasteiger partial charge on any atom is -0.455 e. The molecule has 4 aromatic heterocycles. The Morgan fingerprint density at radius 3 is 2.50 bits per heavy atom. The van der Waals surface area contributed by atoms with Gasteiger partial charge in [-0.25, -0.2) is 0 Å². The van der Waals surface area contributed by atoms with E-state index in [9.17, 15) is 0 Å². The Kier molecular flexibility index (Phi) is 4.12. The van der Waals surface area contributed by atoms with Gasteiger partial charge in [-0.05, 0) is 60.4 Å². The quantitative estimate of drug-likeness (QED) is 0.247. The number of hydrogen-bond donors (Lipinski definition) is 0. The van der Waals surface area contributed by atoms with Crippen molar-refractivity contribution in [2.75, 3.05) is 0 Å². The number of nitrogens with zero attached hydrogens (tertiary/aromatic N) is 2. The molecule has 1 saturated carbocycles. The molecule has 0 unspecified atom stereocenters. The molecule has 1 aliphatic carbocycles. The van der Waals surface area contributed by atoms with Crippen molar-refractivity contribution in [2.24, 2.45) is 5.92 Å². The van der Waals surface area contributed by atoms with Gasteiger partial charge in [0.15, 0.2) is 0 Å². The van der Waals surface area contributed by atoms with E-state index in [-0.39, 0.29) is 0 Å². The van der Waals surface area contributed by atoms with Crippen molar-refractivity contribution in [1.82, 2.24) is 9.38 Å². The van der Waals surface area contributed by atoms with Crippen molar-refractivity contribution in [2.45, 2.75) is 32.1 Å². The van der Waals surface area contributed by atoms with Gasteiger partial charge in [-0.3, -0.25) is 4.98 Å². The van der Waals surface area contributed by atoms with Gasteiger partial charge in [0.2, 0.25) is 0 Å². The zero-order chi connectivity index (χ0) is 24.8. The Hall–Kier alpha value is -4.37. The predicted octanol–water partition coefficient (Wildman–Crippen LogP) is 9.53. The molecule has 0 radical (unpaired) electrons. The van der Waals surface area contributed by atoms with Crippen molar-refractivity contribution in [3.8, 4) is 11.3 Å². The predicted molar refractivity (Wildman–Crippen MR) is 157 cm³/mol. The van der Waals surface area contributed by atoms with Crippen molar-refractivity contribution in [3.05, 3.63) is 96.7 Å². The third kappa shape index (κ3) is 2.71. The first-order valence-electron chi connectivity index (χ1n) is 13.8. The van der Waals surface area contributed by atoms with E-state index in [4.69, 9.17) is 4.42 Å². The summed E-state index contributed by atoms with van der Waals surface area (Å²) in [4.78, 5) is 4.63. The van der Waals surface area contributed by atoms with Crippen LogP contribution >= 0.6 is 0 Å². The Morgan fingerprint density at radius 1 is 0.737 bits per heavy atom. The van der Waals surface area contributed by atoms with Gasteiger partial charge in [0.05, 0.1) is 27.6 Å². The maximum atomic E-state index is 6.74. The molecule has 0 spiro atoms. The molecule has 1 aliphatic rings. The lowest BCUT2D eigenvalue weighted by molar-refractivity contribution is 0.548. The van der Waals surface area contributed by atoms with E-state index < -0.39 is 0 Å². The largest absolute Gasteiger partial charge is 0.455 e. The molecule has 4 aromatic carbocycles. The van der Waals surface area contributed by atoms with Crippen molar-refractivity contribution < 1.29 is 4.42 Å². The van der Waals surface area contributed by atoms with Crippen LogP contribution in [0.1, 0.15) is 31.2 Å². The van der Waals surface area contributed by atoms with Crippen LogP contribution in [0.4, 0.5) is 0 Å². The first-order chi connectivity index (χ1) is 18.8. The lowest BCUT2D eigenvalue weighted by Crippen LogP contribution is -1.98. The van der Waals surface area contributed by atoms with Crippen LogP contribution in [0.15, 0.2) is 95.5 Å². The molecule has 0 bridgehead atoms. The molecular weight excluding hydrogens is 464 g/mol. The molecule has 0 N–H and O–H groups in total. The van der Waals surface area contributed by atoms with E-state index >= 15 is 0 Å². The molecule has 0 amide bonds. The van der Waals surface area contributed by atoms with E-state index in [1.54, 1.807) is 0 Å². The Bertz CT molecular complexity index is 2160. The van der Waals surface area contributed by atoms with Crippen molar-refractivity contribution >= 4 is 60.0 Å². The number of fused-ring (bicyclic) bond motifs is 10. The molecule has 4 heterocycles.